The summed E-state index contributed by atoms with van der Waals surface area (Å²) in [6.07, 6.45) is 1.65. The Kier molecular flexibility index (Phi) is 11.0. The van der Waals surface area contributed by atoms with Crippen molar-refractivity contribution in [2.45, 2.75) is 23.7 Å². The fraction of sp³-hybridized carbons (Fsp3) is 0.175. The summed E-state index contributed by atoms with van der Waals surface area (Å²) in [5.74, 6) is 2.17. The number of rotatable bonds is 14. The van der Waals surface area contributed by atoms with Gasteiger partial charge in [0.1, 0.15) is 28.5 Å². The van der Waals surface area contributed by atoms with Crippen molar-refractivity contribution < 1.29 is 27.4 Å². The molecule has 0 spiro atoms. The van der Waals surface area contributed by atoms with Crippen LogP contribution in [-0.4, -0.2) is 50.7 Å². The molecule has 1 heterocycles. The predicted molar refractivity (Wildman–Crippen MR) is 205 cm³/mol. The summed E-state index contributed by atoms with van der Waals surface area (Å²) < 4.78 is 56.0. The summed E-state index contributed by atoms with van der Waals surface area (Å²) in [6, 6.07) is 40.8. The van der Waals surface area contributed by atoms with Gasteiger partial charge < -0.3 is 23.5 Å². The van der Waals surface area contributed by atoms with Crippen molar-refractivity contribution in [2.75, 3.05) is 28.4 Å². The number of nitrogens with zero attached hydrogens (tertiary/aromatic N) is 3. The van der Waals surface area contributed by atoms with E-state index in [4.69, 9.17) is 23.9 Å². The molecule has 0 radical (unpaired) electrons. The number of aromatic nitrogens is 2. The first-order valence-corrected chi connectivity index (χ1v) is 18.6. The molecule has 0 saturated heterocycles. The largest absolute Gasteiger partial charge is 0.497 e. The third kappa shape index (κ3) is 7.06. The molecule has 0 fully saturated rings. The summed E-state index contributed by atoms with van der Waals surface area (Å²) in [5, 5.41) is -0.0981. The first kappa shape index (κ1) is 36.0. The molecule has 0 atom stereocenters. The minimum atomic E-state index is -4.26. The summed E-state index contributed by atoms with van der Waals surface area (Å²) in [6.45, 7) is -0.0371. The van der Waals surface area contributed by atoms with Crippen LogP contribution >= 0.6 is 22.6 Å². The van der Waals surface area contributed by atoms with Crippen LogP contribution < -0.4 is 18.9 Å². The van der Waals surface area contributed by atoms with Crippen LogP contribution in [0.5, 0.6) is 23.0 Å². The minimum absolute atomic E-state index is 0.0185. The highest BCUT2D eigenvalue weighted by Crippen LogP contribution is 2.43. The lowest BCUT2D eigenvalue weighted by molar-refractivity contribution is 0.357. The van der Waals surface area contributed by atoms with E-state index in [0.717, 1.165) is 16.7 Å². The fourth-order valence-corrected chi connectivity index (χ4v) is 8.60. The molecule has 0 N–H and O–H groups in total. The Morgan fingerprint density at radius 2 is 1.04 bits per heavy atom. The van der Waals surface area contributed by atoms with Crippen LogP contribution in [0.2, 0.25) is 0 Å². The van der Waals surface area contributed by atoms with Crippen LogP contribution in [0.25, 0.3) is 0 Å². The lowest BCUT2D eigenvalue weighted by Gasteiger charge is -2.38. The highest BCUT2D eigenvalue weighted by atomic mass is 127. The molecule has 0 amide bonds. The van der Waals surface area contributed by atoms with Gasteiger partial charge in [0.2, 0.25) is 0 Å². The molecule has 0 saturated carbocycles. The quantitative estimate of drug-likeness (QED) is 0.0821. The van der Waals surface area contributed by atoms with Crippen molar-refractivity contribution in [1.29, 1.82) is 0 Å². The number of halogens is 1. The topological polar surface area (TPSA) is 92.1 Å². The van der Waals surface area contributed by atoms with Crippen LogP contribution in [0.4, 0.5) is 0 Å². The third-order valence-electron chi connectivity index (χ3n) is 8.86. The van der Waals surface area contributed by atoms with Crippen molar-refractivity contribution in [3.05, 3.63) is 165 Å². The molecule has 6 rings (SSSR count). The Morgan fingerprint density at radius 3 is 1.41 bits per heavy atom. The maximum absolute atomic E-state index is 15.0. The van der Waals surface area contributed by atoms with E-state index < -0.39 is 15.6 Å². The second-order valence-electron chi connectivity index (χ2n) is 11.7. The zero-order chi connectivity index (χ0) is 36.0. The zero-order valence-corrected chi connectivity index (χ0v) is 31.7. The second kappa shape index (κ2) is 15.6. The average molecular weight is 816 g/mol. The SMILES string of the molecule is COc1ccc(CN(Cc2ccc(OC)cc2OC)S(=O)(=O)c2cn(C(c3ccccc3)(c3ccccc3)c3ccccc3)c(I)n2)c(OC)c1. The van der Waals surface area contributed by atoms with Gasteiger partial charge in [0.15, 0.2) is 8.86 Å². The van der Waals surface area contributed by atoms with Crippen LogP contribution in [0, 0.1) is 3.83 Å². The molecular weight excluding hydrogens is 777 g/mol. The van der Waals surface area contributed by atoms with Gasteiger partial charge >= 0.3 is 0 Å². The first-order chi connectivity index (χ1) is 24.8. The molecule has 262 valence electrons. The molecule has 0 bridgehead atoms. The molecule has 11 heteroatoms. The van der Waals surface area contributed by atoms with Crippen LogP contribution in [0.3, 0.4) is 0 Å². The van der Waals surface area contributed by atoms with Gasteiger partial charge in [0.05, 0.1) is 28.4 Å². The molecule has 1 aromatic heterocycles. The molecule has 0 aliphatic carbocycles. The summed E-state index contributed by atoms with van der Waals surface area (Å²) in [7, 11) is 1.96. The van der Waals surface area contributed by atoms with Gasteiger partial charge in [-0.2, -0.15) is 4.31 Å². The maximum atomic E-state index is 15.0. The zero-order valence-electron chi connectivity index (χ0n) is 28.7. The van der Waals surface area contributed by atoms with E-state index >= 15 is 8.42 Å². The van der Waals surface area contributed by atoms with E-state index in [-0.39, 0.29) is 18.1 Å². The molecular formula is C40H38IN3O6S. The van der Waals surface area contributed by atoms with E-state index in [1.807, 2.05) is 59.2 Å². The lowest BCUT2D eigenvalue weighted by atomic mass is 9.77. The van der Waals surface area contributed by atoms with E-state index in [9.17, 15) is 0 Å². The van der Waals surface area contributed by atoms with Gasteiger partial charge in [-0.15, -0.1) is 0 Å². The lowest BCUT2D eigenvalue weighted by Crippen LogP contribution is -2.38. The summed E-state index contributed by atoms with van der Waals surface area (Å²) in [4.78, 5) is 4.79. The average Bonchev–Trinajstić information content (AvgIpc) is 3.58. The van der Waals surface area contributed by atoms with Gasteiger partial charge in [-0.25, -0.2) is 13.4 Å². The van der Waals surface area contributed by atoms with E-state index in [0.29, 0.717) is 38.0 Å². The molecule has 0 unspecified atom stereocenters. The number of benzene rings is 5. The van der Waals surface area contributed by atoms with Gasteiger partial charge in [0, 0.05) is 65.1 Å². The molecule has 9 nitrogen and oxygen atoms in total. The molecule has 0 aliphatic rings. The highest BCUT2D eigenvalue weighted by molar-refractivity contribution is 14.1. The van der Waals surface area contributed by atoms with Crippen molar-refractivity contribution in [3.8, 4) is 23.0 Å². The molecule has 51 heavy (non-hydrogen) atoms. The Labute approximate surface area is 312 Å². The van der Waals surface area contributed by atoms with Gasteiger partial charge in [-0.3, -0.25) is 0 Å². The van der Waals surface area contributed by atoms with Crippen molar-refractivity contribution in [3.63, 3.8) is 0 Å². The predicted octanol–water partition coefficient (Wildman–Crippen LogP) is 7.75. The molecule has 0 aliphatic heterocycles. The Hall–Kier alpha value is -4.85. The Morgan fingerprint density at radius 1 is 0.627 bits per heavy atom. The normalized spacial score (nSPS) is 11.7. The monoisotopic (exact) mass is 815 g/mol. The Balaban J connectivity index is 1.55. The van der Waals surface area contributed by atoms with E-state index in [2.05, 4.69) is 59.0 Å². The molecule has 6 aromatic rings. The van der Waals surface area contributed by atoms with E-state index in [1.54, 1.807) is 71.0 Å². The fourth-order valence-electron chi connectivity index (χ4n) is 6.36. The van der Waals surface area contributed by atoms with Gasteiger partial charge in [0.25, 0.3) is 10.0 Å². The molecule has 5 aromatic carbocycles. The van der Waals surface area contributed by atoms with Gasteiger partial charge in [-0.05, 0) is 28.8 Å². The summed E-state index contributed by atoms with van der Waals surface area (Å²) >= 11 is 2.14. The number of ether oxygens (including phenoxy) is 4. The second-order valence-corrected chi connectivity index (χ2v) is 14.5. The van der Waals surface area contributed by atoms with Crippen molar-refractivity contribution in [1.82, 2.24) is 13.9 Å². The van der Waals surface area contributed by atoms with E-state index in [1.165, 1.54) is 4.31 Å². The van der Waals surface area contributed by atoms with Crippen LogP contribution in [0.1, 0.15) is 27.8 Å². The third-order valence-corrected chi connectivity index (χ3v) is 11.3. The minimum Gasteiger partial charge on any atom is -0.497 e. The van der Waals surface area contributed by atoms with Crippen molar-refractivity contribution >= 4 is 32.6 Å². The first-order valence-electron chi connectivity index (χ1n) is 16.1. The number of hydrogen-bond donors (Lipinski definition) is 0. The van der Waals surface area contributed by atoms with Crippen molar-refractivity contribution in [2.24, 2.45) is 0 Å². The smallest absolute Gasteiger partial charge is 0.262 e. The standard InChI is InChI=1S/C40H38IN3O6S/c1-47-34-22-20-29(36(24-34)49-3)26-43(27-30-21-23-35(48-2)25-37(30)50-4)51(45,46)38-28-44(39(41)42-38)40(31-14-8-5-9-15-31,32-16-10-6-11-17-32)33-18-12-7-13-19-33/h5-25,28H,26-27H2,1-4H3. The van der Waals surface area contributed by atoms with Gasteiger partial charge in [-0.1, -0.05) is 103 Å². The number of methoxy groups -OCH3 is 4. The summed E-state index contributed by atoms with van der Waals surface area (Å²) in [5.41, 5.74) is 3.19. The number of sulfonamides is 1. The van der Waals surface area contributed by atoms with Crippen LogP contribution in [-0.2, 0) is 28.7 Å². The van der Waals surface area contributed by atoms with Crippen LogP contribution in [0.15, 0.2) is 139 Å². The highest BCUT2D eigenvalue weighted by Gasteiger charge is 2.41. The Bertz CT molecular complexity index is 2040. The number of imidazole rings is 1. The number of hydrogen-bond acceptors (Lipinski definition) is 7. The maximum Gasteiger partial charge on any atom is 0.262 e.